The van der Waals surface area contributed by atoms with Gasteiger partial charge >= 0.3 is 0 Å². The summed E-state index contributed by atoms with van der Waals surface area (Å²) in [5.41, 5.74) is 7.08. The van der Waals surface area contributed by atoms with Gasteiger partial charge in [0, 0.05) is 11.1 Å². The van der Waals surface area contributed by atoms with Gasteiger partial charge in [-0.25, -0.2) is 0 Å². The van der Waals surface area contributed by atoms with E-state index in [4.69, 9.17) is 17.3 Å². The van der Waals surface area contributed by atoms with Gasteiger partial charge in [-0.3, -0.25) is 0 Å². The maximum Gasteiger partial charge on any atom is 0.0406 e. The average molecular weight is 184 g/mol. The third-order valence-electron chi connectivity index (χ3n) is 1.90. The third-order valence-corrected chi connectivity index (χ3v) is 2.15. The van der Waals surface area contributed by atoms with Crippen molar-refractivity contribution >= 4 is 11.6 Å². The molecule has 1 nitrogen and oxygen atoms in total. The normalized spacial score (nSPS) is 12.9. The van der Waals surface area contributed by atoms with Crippen LogP contribution in [0.15, 0.2) is 24.3 Å². The van der Waals surface area contributed by atoms with Crippen molar-refractivity contribution < 1.29 is 0 Å². The predicted molar refractivity (Wildman–Crippen MR) is 53.3 cm³/mol. The van der Waals surface area contributed by atoms with E-state index in [0.717, 1.165) is 17.9 Å². The van der Waals surface area contributed by atoms with Gasteiger partial charge in [0.2, 0.25) is 0 Å². The van der Waals surface area contributed by atoms with Crippen LogP contribution < -0.4 is 5.73 Å². The Hall–Kier alpha value is -0.530. The summed E-state index contributed by atoms with van der Waals surface area (Å²) >= 11 is 5.75. The van der Waals surface area contributed by atoms with Crippen LogP contribution in [0.25, 0.3) is 0 Å². The molecule has 1 atom stereocenters. The molecule has 1 aromatic rings. The number of benzene rings is 1. The highest BCUT2D eigenvalue weighted by Gasteiger charge is 2.02. The number of nitrogens with two attached hydrogens (primary N) is 1. The van der Waals surface area contributed by atoms with Gasteiger partial charge in [0.1, 0.15) is 0 Å². The summed E-state index contributed by atoms with van der Waals surface area (Å²) < 4.78 is 0. The molecular formula is C10H14ClN. The van der Waals surface area contributed by atoms with Crippen LogP contribution in [0.1, 0.15) is 31.4 Å². The molecule has 0 saturated carbocycles. The largest absolute Gasteiger partial charge is 0.324 e. The molecular weight excluding hydrogens is 170 g/mol. The number of rotatable bonds is 3. The summed E-state index contributed by atoms with van der Waals surface area (Å²) in [5.74, 6) is 0. The number of hydrogen-bond acceptors (Lipinski definition) is 1. The monoisotopic (exact) mass is 183 g/mol. The number of hydrogen-bond donors (Lipinski definition) is 1. The molecule has 66 valence electrons. The van der Waals surface area contributed by atoms with Crippen LogP contribution in [-0.2, 0) is 0 Å². The quantitative estimate of drug-likeness (QED) is 0.766. The molecule has 0 heterocycles. The molecule has 0 amide bonds. The lowest BCUT2D eigenvalue weighted by molar-refractivity contribution is 0.638. The molecule has 1 aromatic carbocycles. The summed E-state index contributed by atoms with van der Waals surface area (Å²) in [7, 11) is 0. The molecule has 12 heavy (non-hydrogen) atoms. The van der Waals surface area contributed by atoms with E-state index in [1.165, 1.54) is 5.56 Å². The minimum atomic E-state index is 0.160. The molecule has 0 fully saturated rings. The first kappa shape index (κ1) is 9.56. The molecule has 0 bridgehead atoms. The van der Waals surface area contributed by atoms with Gasteiger partial charge in [0.25, 0.3) is 0 Å². The highest BCUT2D eigenvalue weighted by molar-refractivity contribution is 6.30. The summed E-state index contributed by atoms with van der Waals surface area (Å²) in [4.78, 5) is 0. The highest BCUT2D eigenvalue weighted by Crippen LogP contribution is 2.17. The maximum absolute atomic E-state index is 5.91. The van der Waals surface area contributed by atoms with Gasteiger partial charge in [0.05, 0.1) is 0 Å². The summed E-state index contributed by atoms with van der Waals surface area (Å²) in [5, 5.41) is 0.766. The third kappa shape index (κ3) is 2.50. The Morgan fingerprint density at radius 1 is 1.33 bits per heavy atom. The van der Waals surface area contributed by atoms with E-state index in [1.807, 2.05) is 24.3 Å². The fourth-order valence-corrected chi connectivity index (χ4v) is 1.31. The van der Waals surface area contributed by atoms with E-state index in [9.17, 15) is 0 Å². The van der Waals surface area contributed by atoms with E-state index >= 15 is 0 Å². The Kier molecular flexibility index (Phi) is 3.57. The van der Waals surface area contributed by atoms with Crippen LogP contribution in [0.2, 0.25) is 5.02 Å². The Balaban J connectivity index is 2.68. The molecule has 1 rings (SSSR count). The van der Waals surface area contributed by atoms with Gasteiger partial charge in [-0.1, -0.05) is 37.1 Å². The Bertz CT molecular complexity index is 230. The molecule has 0 radical (unpaired) electrons. The van der Waals surface area contributed by atoms with Crippen molar-refractivity contribution in [3.8, 4) is 0 Å². The molecule has 0 aromatic heterocycles. The maximum atomic E-state index is 5.91. The minimum absolute atomic E-state index is 0.160. The second-order valence-electron chi connectivity index (χ2n) is 2.95. The summed E-state index contributed by atoms with van der Waals surface area (Å²) in [6.45, 7) is 2.13. The van der Waals surface area contributed by atoms with Gasteiger partial charge < -0.3 is 5.73 Å². The zero-order valence-electron chi connectivity index (χ0n) is 7.26. The van der Waals surface area contributed by atoms with Gasteiger partial charge in [0.15, 0.2) is 0 Å². The first-order valence-corrected chi connectivity index (χ1v) is 4.63. The average Bonchev–Trinajstić information content (AvgIpc) is 2.06. The van der Waals surface area contributed by atoms with Crippen molar-refractivity contribution in [3.63, 3.8) is 0 Å². The Labute approximate surface area is 78.5 Å². The molecule has 0 unspecified atom stereocenters. The standard InChI is InChI=1S/C10H14ClN/c1-2-3-10(12)8-4-6-9(11)7-5-8/h4-7,10H,2-3,12H2,1H3/t10-/m0/s1. The lowest BCUT2D eigenvalue weighted by Crippen LogP contribution is -2.09. The topological polar surface area (TPSA) is 26.0 Å². The molecule has 2 N–H and O–H groups in total. The second-order valence-corrected chi connectivity index (χ2v) is 3.38. The summed E-state index contributed by atoms with van der Waals surface area (Å²) in [6.07, 6.45) is 2.14. The van der Waals surface area contributed by atoms with Crippen molar-refractivity contribution in [2.75, 3.05) is 0 Å². The minimum Gasteiger partial charge on any atom is -0.324 e. The number of halogens is 1. The highest BCUT2D eigenvalue weighted by atomic mass is 35.5. The van der Waals surface area contributed by atoms with Crippen molar-refractivity contribution in [1.29, 1.82) is 0 Å². The lowest BCUT2D eigenvalue weighted by Gasteiger charge is -2.09. The zero-order chi connectivity index (χ0) is 8.97. The fraction of sp³-hybridized carbons (Fsp3) is 0.400. The summed E-state index contributed by atoms with van der Waals surface area (Å²) in [6, 6.07) is 7.90. The fourth-order valence-electron chi connectivity index (χ4n) is 1.19. The SMILES string of the molecule is CCC[C@H](N)c1ccc(Cl)cc1. The van der Waals surface area contributed by atoms with Crippen LogP contribution in [0.3, 0.4) is 0 Å². The van der Waals surface area contributed by atoms with E-state index in [-0.39, 0.29) is 6.04 Å². The first-order chi connectivity index (χ1) is 5.74. The Morgan fingerprint density at radius 2 is 1.92 bits per heavy atom. The van der Waals surface area contributed by atoms with Crippen LogP contribution in [0, 0.1) is 0 Å². The Morgan fingerprint density at radius 3 is 2.42 bits per heavy atom. The van der Waals surface area contributed by atoms with Gasteiger partial charge in [-0.05, 0) is 24.1 Å². The predicted octanol–water partition coefficient (Wildman–Crippen LogP) is 3.14. The first-order valence-electron chi connectivity index (χ1n) is 4.25. The second kappa shape index (κ2) is 4.48. The molecule has 0 saturated heterocycles. The molecule has 0 spiro atoms. The van der Waals surface area contributed by atoms with Crippen LogP contribution >= 0.6 is 11.6 Å². The van der Waals surface area contributed by atoms with Crippen LogP contribution in [-0.4, -0.2) is 0 Å². The van der Waals surface area contributed by atoms with Crippen LogP contribution in [0.5, 0.6) is 0 Å². The molecule has 2 heteroatoms. The van der Waals surface area contributed by atoms with Gasteiger partial charge in [-0.15, -0.1) is 0 Å². The van der Waals surface area contributed by atoms with Gasteiger partial charge in [-0.2, -0.15) is 0 Å². The van der Waals surface area contributed by atoms with Crippen molar-refractivity contribution in [2.24, 2.45) is 5.73 Å². The lowest BCUT2D eigenvalue weighted by atomic mass is 10.0. The zero-order valence-corrected chi connectivity index (χ0v) is 8.01. The van der Waals surface area contributed by atoms with Crippen molar-refractivity contribution in [2.45, 2.75) is 25.8 Å². The smallest absolute Gasteiger partial charge is 0.0406 e. The van der Waals surface area contributed by atoms with E-state index in [2.05, 4.69) is 6.92 Å². The van der Waals surface area contributed by atoms with E-state index < -0.39 is 0 Å². The van der Waals surface area contributed by atoms with E-state index in [1.54, 1.807) is 0 Å². The van der Waals surface area contributed by atoms with Crippen molar-refractivity contribution in [3.05, 3.63) is 34.9 Å². The molecule has 0 aliphatic carbocycles. The van der Waals surface area contributed by atoms with Crippen LogP contribution in [0.4, 0.5) is 0 Å². The molecule has 0 aliphatic heterocycles. The molecule has 0 aliphatic rings. The van der Waals surface area contributed by atoms with Crippen molar-refractivity contribution in [1.82, 2.24) is 0 Å². The van der Waals surface area contributed by atoms with E-state index in [0.29, 0.717) is 0 Å².